The minimum Gasteiger partial charge on any atom is -0.465 e. The highest BCUT2D eigenvalue weighted by Crippen LogP contribution is 2.29. The van der Waals surface area contributed by atoms with Crippen LogP contribution in [0.5, 0.6) is 0 Å². The van der Waals surface area contributed by atoms with Gasteiger partial charge in [-0.2, -0.15) is 0 Å². The summed E-state index contributed by atoms with van der Waals surface area (Å²) in [6.45, 7) is 6.19. The Balaban J connectivity index is 2.44. The van der Waals surface area contributed by atoms with E-state index in [1.807, 2.05) is 5.38 Å². The number of aromatic nitrogens is 1. The SMILES string of the molecule is COC(=O)C(=Cc1ccc(F)cc1)c1nc(C(C)(C)C)cs1. The van der Waals surface area contributed by atoms with Gasteiger partial charge < -0.3 is 4.74 Å². The van der Waals surface area contributed by atoms with Gasteiger partial charge in [-0.25, -0.2) is 14.2 Å². The van der Waals surface area contributed by atoms with E-state index in [4.69, 9.17) is 4.74 Å². The quantitative estimate of drug-likeness (QED) is 0.625. The topological polar surface area (TPSA) is 39.2 Å². The van der Waals surface area contributed by atoms with E-state index in [1.54, 1.807) is 18.2 Å². The van der Waals surface area contributed by atoms with Crippen LogP contribution in [0.1, 0.15) is 37.0 Å². The summed E-state index contributed by atoms with van der Waals surface area (Å²) in [5.41, 5.74) is 1.91. The van der Waals surface area contributed by atoms with Crippen molar-refractivity contribution in [3.8, 4) is 0 Å². The van der Waals surface area contributed by atoms with E-state index in [-0.39, 0.29) is 11.2 Å². The van der Waals surface area contributed by atoms with Crippen molar-refractivity contribution in [2.24, 2.45) is 0 Å². The lowest BCUT2D eigenvalue weighted by Gasteiger charge is -2.14. The van der Waals surface area contributed by atoms with Crippen molar-refractivity contribution in [2.45, 2.75) is 26.2 Å². The predicted octanol–water partition coefficient (Wildman–Crippen LogP) is 4.29. The minimum atomic E-state index is -0.459. The largest absolute Gasteiger partial charge is 0.465 e. The van der Waals surface area contributed by atoms with Crippen molar-refractivity contribution in [1.29, 1.82) is 0 Å². The molecule has 0 spiro atoms. The van der Waals surface area contributed by atoms with E-state index in [0.29, 0.717) is 16.1 Å². The molecule has 1 aromatic heterocycles. The summed E-state index contributed by atoms with van der Waals surface area (Å²) < 4.78 is 17.8. The molecule has 22 heavy (non-hydrogen) atoms. The number of methoxy groups -OCH3 is 1. The Morgan fingerprint density at radius 2 is 1.91 bits per heavy atom. The molecule has 0 saturated heterocycles. The average molecular weight is 319 g/mol. The molecule has 116 valence electrons. The molecule has 2 rings (SSSR count). The Kier molecular flexibility index (Phi) is 4.76. The van der Waals surface area contributed by atoms with Gasteiger partial charge >= 0.3 is 5.97 Å². The number of thiazole rings is 1. The summed E-state index contributed by atoms with van der Waals surface area (Å²) in [5, 5.41) is 2.54. The maximum absolute atomic E-state index is 13.0. The van der Waals surface area contributed by atoms with Crippen LogP contribution in [0, 0.1) is 5.82 Å². The molecule has 0 fully saturated rings. The maximum atomic E-state index is 13.0. The third-order valence-corrected chi connectivity index (χ3v) is 3.96. The zero-order valence-electron chi connectivity index (χ0n) is 13.0. The molecule has 0 atom stereocenters. The van der Waals surface area contributed by atoms with Gasteiger partial charge in [0.05, 0.1) is 18.4 Å². The number of rotatable bonds is 3. The second kappa shape index (κ2) is 6.40. The summed E-state index contributed by atoms with van der Waals surface area (Å²) in [6.07, 6.45) is 1.66. The first-order chi connectivity index (χ1) is 10.3. The van der Waals surface area contributed by atoms with Crippen molar-refractivity contribution in [1.82, 2.24) is 4.98 Å². The van der Waals surface area contributed by atoms with E-state index in [9.17, 15) is 9.18 Å². The lowest BCUT2D eigenvalue weighted by atomic mass is 9.93. The number of nitrogens with zero attached hydrogens (tertiary/aromatic N) is 1. The minimum absolute atomic E-state index is 0.0914. The molecule has 0 amide bonds. The molecule has 0 aliphatic carbocycles. The van der Waals surface area contributed by atoms with Crippen molar-refractivity contribution in [2.75, 3.05) is 7.11 Å². The number of carbonyl (C=O) groups is 1. The van der Waals surface area contributed by atoms with Crippen LogP contribution >= 0.6 is 11.3 Å². The molecule has 0 saturated carbocycles. The molecule has 0 N–H and O–H groups in total. The first-order valence-corrected chi connectivity index (χ1v) is 7.71. The average Bonchev–Trinajstić information content (AvgIpc) is 2.95. The van der Waals surface area contributed by atoms with Gasteiger partial charge in [-0.05, 0) is 23.8 Å². The van der Waals surface area contributed by atoms with Crippen molar-refractivity contribution in [3.05, 3.63) is 51.7 Å². The molecule has 2 aromatic rings. The molecule has 5 heteroatoms. The van der Waals surface area contributed by atoms with Gasteiger partial charge in [-0.1, -0.05) is 32.9 Å². The number of carbonyl (C=O) groups excluding carboxylic acids is 1. The fourth-order valence-electron chi connectivity index (χ4n) is 1.79. The van der Waals surface area contributed by atoms with Crippen molar-refractivity contribution >= 4 is 29.0 Å². The highest BCUT2D eigenvalue weighted by atomic mass is 32.1. The molecule has 3 nitrogen and oxygen atoms in total. The highest BCUT2D eigenvalue weighted by Gasteiger charge is 2.21. The molecule has 1 aromatic carbocycles. The van der Waals surface area contributed by atoms with Crippen LogP contribution in [-0.4, -0.2) is 18.1 Å². The molecule has 1 heterocycles. The summed E-state index contributed by atoms with van der Waals surface area (Å²) in [5.74, 6) is -0.778. The first-order valence-electron chi connectivity index (χ1n) is 6.83. The molecule has 0 unspecified atom stereocenters. The fourth-order valence-corrected chi connectivity index (χ4v) is 2.84. The smallest absolute Gasteiger partial charge is 0.340 e. The fraction of sp³-hybridized carbons (Fsp3) is 0.294. The number of ether oxygens (including phenoxy) is 1. The molecule has 0 aliphatic rings. The standard InChI is InChI=1S/C17H18FNO2S/c1-17(2,3)14-10-22-15(19-14)13(16(20)21-4)9-11-5-7-12(18)8-6-11/h5-10H,1-4H3. The lowest BCUT2D eigenvalue weighted by Crippen LogP contribution is -2.12. The number of benzene rings is 1. The molecular weight excluding hydrogens is 301 g/mol. The monoisotopic (exact) mass is 319 g/mol. The van der Waals surface area contributed by atoms with Gasteiger partial charge in [-0.15, -0.1) is 11.3 Å². The van der Waals surface area contributed by atoms with Gasteiger partial charge in [0.1, 0.15) is 10.8 Å². The zero-order chi connectivity index (χ0) is 16.3. The van der Waals surface area contributed by atoms with E-state index >= 15 is 0 Å². The van der Waals surface area contributed by atoms with Gasteiger partial charge in [0, 0.05) is 10.8 Å². The number of hydrogen-bond donors (Lipinski definition) is 0. The van der Waals surface area contributed by atoms with Gasteiger partial charge in [-0.3, -0.25) is 0 Å². The Bertz CT molecular complexity index is 696. The van der Waals surface area contributed by atoms with Crippen LogP contribution in [0.2, 0.25) is 0 Å². The summed E-state index contributed by atoms with van der Waals surface area (Å²) in [4.78, 5) is 16.6. The Morgan fingerprint density at radius 3 is 2.41 bits per heavy atom. The summed E-state index contributed by atoms with van der Waals surface area (Å²) in [6, 6.07) is 5.92. The van der Waals surface area contributed by atoms with Crippen LogP contribution in [0.3, 0.4) is 0 Å². The van der Waals surface area contributed by atoms with E-state index < -0.39 is 5.97 Å². The third-order valence-electron chi connectivity index (χ3n) is 3.09. The van der Waals surface area contributed by atoms with Crippen molar-refractivity contribution in [3.63, 3.8) is 0 Å². The maximum Gasteiger partial charge on any atom is 0.340 e. The van der Waals surface area contributed by atoms with Gasteiger partial charge in [0.25, 0.3) is 0 Å². The lowest BCUT2D eigenvalue weighted by molar-refractivity contribution is -0.133. The Labute approximate surface area is 133 Å². The molecule has 0 bridgehead atoms. The van der Waals surface area contributed by atoms with Crippen LogP contribution in [0.15, 0.2) is 29.6 Å². The van der Waals surface area contributed by atoms with E-state index in [2.05, 4.69) is 25.8 Å². The highest BCUT2D eigenvalue weighted by molar-refractivity contribution is 7.11. The van der Waals surface area contributed by atoms with Crippen LogP contribution in [0.4, 0.5) is 4.39 Å². The number of esters is 1. The van der Waals surface area contributed by atoms with E-state index in [1.165, 1.54) is 30.6 Å². The normalized spacial score (nSPS) is 12.3. The Hall–Kier alpha value is -2.01. The van der Waals surface area contributed by atoms with Crippen LogP contribution < -0.4 is 0 Å². The second-order valence-corrected chi connectivity index (χ2v) is 6.75. The molecular formula is C17H18FNO2S. The predicted molar refractivity (Wildman–Crippen MR) is 87.1 cm³/mol. The third kappa shape index (κ3) is 3.80. The molecule has 0 aliphatic heterocycles. The zero-order valence-corrected chi connectivity index (χ0v) is 13.8. The van der Waals surface area contributed by atoms with Crippen LogP contribution in [0.25, 0.3) is 11.6 Å². The Morgan fingerprint density at radius 1 is 1.27 bits per heavy atom. The van der Waals surface area contributed by atoms with Gasteiger partial charge in [0.15, 0.2) is 0 Å². The van der Waals surface area contributed by atoms with Crippen molar-refractivity contribution < 1.29 is 13.9 Å². The number of halogens is 1. The van der Waals surface area contributed by atoms with Crippen LogP contribution in [-0.2, 0) is 14.9 Å². The second-order valence-electron chi connectivity index (χ2n) is 5.89. The molecule has 0 radical (unpaired) electrons. The van der Waals surface area contributed by atoms with Gasteiger partial charge in [0.2, 0.25) is 0 Å². The first kappa shape index (κ1) is 16.4. The summed E-state index contributed by atoms with van der Waals surface area (Å²) in [7, 11) is 1.33. The summed E-state index contributed by atoms with van der Waals surface area (Å²) >= 11 is 1.40. The van der Waals surface area contributed by atoms with E-state index in [0.717, 1.165) is 5.69 Å². The number of hydrogen-bond acceptors (Lipinski definition) is 4.